The highest BCUT2D eigenvalue weighted by Crippen LogP contribution is 2.31. The maximum Gasteiger partial charge on any atom is 0.325 e. The SMILES string of the molecule is CC1(c2cccs2)NC(=O)N(CCOc2cccc(C#N)c2)C1=O. The number of benzene rings is 1. The minimum Gasteiger partial charge on any atom is -0.492 e. The number of ether oxygens (including phenoxy) is 1. The Kier molecular flexibility index (Phi) is 4.23. The molecule has 0 saturated carbocycles. The molecule has 1 atom stereocenters. The van der Waals surface area contributed by atoms with E-state index in [9.17, 15) is 9.59 Å². The first-order valence-electron chi connectivity index (χ1n) is 7.35. The molecule has 0 bridgehead atoms. The number of imide groups is 1. The lowest BCUT2D eigenvalue weighted by Crippen LogP contribution is -2.40. The quantitative estimate of drug-likeness (QED) is 0.847. The third kappa shape index (κ3) is 2.84. The number of hydrogen-bond acceptors (Lipinski definition) is 5. The van der Waals surface area contributed by atoms with Crippen molar-refractivity contribution in [3.63, 3.8) is 0 Å². The summed E-state index contributed by atoms with van der Waals surface area (Å²) in [5.74, 6) is 0.242. The number of amides is 3. The van der Waals surface area contributed by atoms with E-state index in [1.54, 1.807) is 31.2 Å². The molecular formula is C17H15N3O3S. The van der Waals surface area contributed by atoms with Gasteiger partial charge in [-0.05, 0) is 36.6 Å². The average molecular weight is 341 g/mol. The normalized spacial score (nSPS) is 19.9. The molecule has 1 aliphatic rings. The van der Waals surface area contributed by atoms with Gasteiger partial charge in [-0.2, -0.15) is 5.26 Å². The molecule has 3 rings (SSSR count). The number of urea groups is 1. The molecule has 6 nitrogen and oxygen atoms in total. The van der Waals surface area contributed by atoms with E-state index < -0.39 is 11.6 Å². The Morgan fingerprint density at radius 1 is 1.33 bits per heavy atom. The fourth-order valence-corrected chi connectivity index (χ4v) is 3.38. The Bertz CT molecular complexity index is 813. The summed E-state index contributed by atoms with van der Waals surface area (Å²) in [6.07, 6.45) is 0. The number of hydrogen-bond donors (Lipinski definition) is 1. The van der Waals surface area contributed by atoms with Crippen molar-refractivity contribution in [3.05, 3.63) is 52.2 Å². The van der Waals surface area contributed by atoms with Crippen LogP contribution in [0.2, 0.25) is 0 Å². The zero-order valence-electron chi connectivity index (χ0n) is 13.0. The summed E-state index contributed by atoms with van der Waals surface area (Å²) < 4.78 is 5.54. The lowest BCUT2D eigenvalue weighted by Gasteiger charge is -2.20. The molecule has 24 heavy (non-hydrogen) atoms. The number of rotatable bonds is 5. The molecule has 1 aromatic heterocycles. The molecule has 2 heterocycles. The van der Waals surface area contributed by atoms with E-state index in [4.69, 9.17) is 10.00 Å². The van der Waals surface area contributed by atoms with Gasteiger partial charge in [-0.15, -0.1) is 11.3 Å². The van der Waals surface area contributed by atoms with Crippen molar-refractivity contribution in [2.24, 2.45) is 0 Å². The third-order valence-corrected chi connectivity index (χ3v) is 4.93. The van der Waals surface area contributed by atoms with E-state index in [0.717, 1.165) is 9.78 Å². The highest BCUT2D eigenvalue weighted by atomic mass is 32.1. The van der Waals surface area contributed by atoms with Gasteiger partial charge in [0.1, 0.15) is 12.4 Å². The van der Waals surface area contributed by atoms with E-state index in [0.29, 0.717) is 11.3 Å². The fraction of sp³-hybridized carbons (Fsp3) is 0.235. The van der Waals surface area contributed by atoms with Crippen LogP contribution >= 0.6 is 11.3 Å². The monoisotopic (exact) mass is 341 g/mol. The number of nitrogens with one attached hydrogen (secondary N) is 1. The Morgan fingerprint density at radius 2 is 2.17 bits per heavy atom. The van der Waals surface area contributed by atoms with Gasteiger partial charge < -0.3 is 10.1 Å². The molecule has 1 saturated heterocycles. The second-order valence-electron chi connectivity index (χ2n) is 5.48. The molecule has 122 valence electrons. The van der Waals surface area contributed by atoms with E-state index in [1.807, 2.05) is 23.6 Å². The lowest BCUT2D eigenvalue weighted by molar-refractivity contribution is -0.131. The maximum absolute atomic E-state index is 12.6. The largest absolute Gasteiger partial charge is 0.492 e. The van der Waals surface area contributed by atoms with Crippen LogP contribution in [0.15, 0.2) is 41.8 Å². The third-order valence-electron chi connectivity index (χ3n) is 3.84. The number of nitrogens with zero attached hydrogens (tertiary/aromatic N) is 2. The summed E-state index contributed by atoms with van der Waals surface area (Å²) in [5, 5.41) is 13.5. The van der Waals surface area contributed by atoms with E-state index >= 15 is 0 Å². The van der Waals surface area contributed by atoms with Crippen LogP contribution in [0, 0.1) is 11.3 Å². The Balaban J connectivity index is 1.64. The number of thiophene rings is 1. The molecule has 1 aromatic carbocycles. The van der Waals surface area contributed by atoms with Crippen molar-refractivity contribution in [1.29, 1.82) is 5.26 Å². The second-order valence-corrected chi connectivity index (χ2v) is 6.43. The number of nitriles is 1. The van der Waals surface area contributed by atoms with Crippen LogP contribution in [-0.4, -0.2) is 30.0 Å². The fourth-order valence-electron chi connectivity index (χ4n) is 2.54. The molecule has 1 fully saturated rings. The topological polar surface area (TPSA) is 82.4 Å². The molecule has 1 aliphatic heterocycles. The summed E-state index contributed by atoms with van der Waals surface area (Å²) in [4.78, 5) is 26.7. The lowest BCUT2D eigenvalue weighted by atomic mass is 10.0. The van der Waals surface area contributed by atoms with Crippen LogP contribution < -0.4 is 10.1 Å². The Labute approximate surface area is 143 Å². The standard InChI is InChI=1S/C17H15N3O3S/c1-17(14-6-3-9-24-14)15(21)20(16(22)19-17)7-8-23-13-5-2-4-12(10-13)11-18/h2-6,9-10H,7-8H2,1H3,(H,19,22). The summed E-state index contributed by atoms with van der Waals surface area (Å²) in [6, 6.07) is 12.0. The van der Waals surface area contributed by atoms with Gasteiger partial charge in [-0.25, -0.2) is 4.79 Å². The van der Waals surface area contributed by atoms with Crippen LogP contribution in [0.25, 0.3) is 0 Å². The van der Waals surface area contributed by atoms with Gasteiger partial charge in [0.2, 0.25) is 0 Å². The van der Waals surface area contributed by atoms with Crippen molar-refractivity contribution in [2.45, 2.75) is 12.5 Å². The minimum absolute atomic E-state index is 0.141. The van der Waals surface area contributed by atoms with Crippen LogP contribution in [0.1, 0.15) is 17.4 Å². The number of carbonyl (C=O) groups excluding carboxylic acids is 2. The van der Waals surface area contributed by atoms with E-state index in [-0.39, 0.29) is 19.1 Å². The first-order chi connectivity index (χ1) is 11.5. The Morgan fingerprint density at radius 3 is 2.88 bits per heavy atom. The average Bonchev–Trinajstić information content (AvgIpc) is 3.19. The van der Waals surface area contributed by atoms with Crippen LogP contribution in [0.5, 0.6) is 5.75 Å². The molecule has 0 radical (unpaired) electrons. The molecule has 3 amide bonds. The van der Waals surface area contributed by atoms with Gasteiger partial charge in [-0.1, -0.05) is 12.1 Å². The van der Waals surface area contributed by atoms with Crippen molar-refractivity contribution in [2.75, 3.05) is 13.2 Å². The summed E-state index contributed by atoms with van der Waals surface area (Å²) in [5.41, 5.74) is -0.529. The molecule has 0 aliphatic carbocycles. The maximum atomic E-state index is 12.6. The zero-order chi connectivity index (χ0) is 17.2. The highest BCUT2D eigenvalue weighted by Gasteiger charge is 2.49. The highest BCUT2D eigenvalue weighted by molar-refractivity contribution is 7.10. The minimum atomic E-state index is -1.02. The second kappa shape index (κ2) is 6.34. The predicted octanol–water partition coefficient (Wildman–Crippen LogP) is 2.47. The van der Waals surface area contributed by atoms with Crippen molar-refractivity contribution < 1.29 is 14.3 Å². The molecule has 7 heteroatoms. The Hall–Kier alpha value is -2.85. The van der Waals surface area contributed by atoms with Crippen molar-refractivity contribution in [3.8, 4) is 11.8 Å². The number of carbonyl (C=O) groups is 2. The summed E-state index contributed by atoms with van der Waals surface area (Å²) in [7, 11) is 0. The smallest absolute Gasteiger partial charge is 0.325 e. The first kappa shape index (κ1) is 16.0. The van der Waals surface area contributed by atoms with Crippen LogP contribution in [0.4, 0.5) is 4.79 Å². The first-order valence-corrected chi connectivity index (χ1v) is 8.23. The van der Waals surface area contributed by atoms with Gasteiger partial charge in [-0.3, -0.25) is 9.69 Å². The molecule has 1 unspecified atom stereocenters. The van der Waals surface area contributed by atoms with E-state index in [1.165, 1.54) is 11.3 Å². The van der Waals surface area contributed by atoms with E-state index in [2.05, 4.69) is 5.32 Å². The van der Waals surface area contributed by atoms with Gasteiger partial charge >= 0.3 is 6.03 Å². The van der Waals surface area contributed by atoms with Gasteiger partial charge in [0.05, 0.1) is 18.2 Å². The predicted molar refractivity (Wildman–Crippen MR) is 88.6 cm³/mol. The molecular weight excluding hydrogens is 326 g/mol. The molecule has 2 aromatic rings. The summed E-state index contributed by atoms with van der Waals surface area (Å²) >= 11 is 1.43. The van der Waals surface area contributed by atoms with Crippen LogP contribution in [0.3, 0.4) is 0 Å². The van der Waals surface area contributed by atoms with Gasteiger partial charge in [0.15, 0.2) is 5.54 Å². The molecule has 0 spiro atoms. The zero-order valence-corrected chi connectivity index (χ0v) is 13.8. The molecule has 1 N–H and O–H groups in total. The van der Waals surface area contributed by atoms with Crippen LogP contribution in [-0.2, 0) is 10.3 Å². The van der Waals surface area contributed by atoms with Crippen molar-refractivity contribution >= 4 is 23.3 Å². The van der Waals surface area contributed by atoms with Crippen molar-refractivity contribution in [1.82, 2.24) is 10.2 Å². The summed E-state index contributed by atoms with van der Waals surface area (Å²) in [6.45, 7) is 2.01. The van der Waals surface area contributed by atoms with Gasteiger partial charge in [0.25, 0.3) is 5.91 Å². The van der Waals surface area contributed by atoms with Gasteiger partial charge in [0, 0.05) is 4.88 Å².